The van der Waals surface area contributed by atoms with Crippen molar-refractivity contribution in [2.24, 2.45) is 5.92 Å². The summed E-state index contributed by atoms with van der Waals surface area (Å²) in [6.45, 7) is 9.23. The largest absolute Gasteiger partial charge is 0.374 e. The quantitative estimate of drug-likeness (QED) is 0.710. The molecule has 0 aromatic rings. The first kappa shape index (κ1) is 13.5. The molecule has 0 aromatic heterocycles. The van der Waals surface area contributed by atoms with Gasteiger partial charge < -0.3 is 15.4 Å². The highest BCUT2D eigenvalue weighted by molar-refractivity contribution is 5.76. The predicted molar refractivity (Wildman–Crippen MR) is 64.3 cm³/mol. The molecule has 4 nitrogen and oxygen atoms in total. The molecule has 0 aromatic carbocycles. The second kappa shape index (κ2) is 6.21. The Hall–Kier alpha value is -0.610. The second-order valence-electron chi connectivity index (χ2n) is 5.03. The van der Waals surface area contributed by atoms with Gasteiger partial charge in [-0.25, -0.2) is 0 Å². The molecule has 1 unspecified atom stereocenters. The van der Waals surface area contributed by atoms with Crippen LogP contribution in [0.2, 0.25) is 0 Å². The van der Waals surface area contributed by atoms with Crippen LogP contribution in [0.1, 0.15) is 33.6 Å². The van der Waals surface area contributed by atoms with Crippen molar-refractivity contribution >= 4 is 5.91 Å². The molecular formula is C12H24N2O2. The van der Waals surface area contributed by atoms with E-state index >= 15 is 0 Å². The topological polar surface area (TPSA) is 50.4 Å². The zero-order valence-electron chi connectivity index (χ0n) is 10.6. The maximum Gasteiger partial charge on any atom is 0.220 e. The van der Waals surface area contributed by atoms with Gasteiger partial charge in [-0.15, -0.1) is 0 Å². The van der Waals surface area contributed by atoms with E-state index in [1.54, 1.807) is 0 Å². The monoisotopic (exact) mass is 228 g/mol. The van der Waals surface area contributed by atoms with Crippen LogP contribution < -0.4 is 10.6 Å². The Morgan fingerprint density at radius 3 is 2.88 bits per heavy atom. The van der Waals surface area contributed by atoms with Gasteiger partial charge in [-0.2, -0.15) is 0 Å². The first-order valence-electron chi connectivity index (χ1n) is 6.15. The average Bonchev–Trinajstić information content (AvgIpc) is 2.68. The van der Waals surface area contributed by atoms with Gasteiger partial charge in [0.2, 0.25) is 5.91 Å². The van der Waals surface area contributed by atoms with Crippen molar-refractivity contribution in [2.45, 2.75) is 39.2 Å². The lowest BCUT2D eigenvalue weighted by Gasteiger charge is -2.25. The van der Waals surface area contributed by atoms with Gasteiger partial charge in [-0.05, 0) is 46.2 Å². The standard InChI is InChI=1S/C12H24N2O2/c1-4-16-12(2,3)9-14-11(15)7-10-5-6-13-8-10/h10,13H,4-9H2,1-3H3,(H,14,15). The number of carbonyl (C=O) groups excluding carboxylic acids is 1. The van der Waals surface area contributed by atoms with Gasteiger partial charge in [0, 0.05) is 19.6 Å². The first-order valence-corrected chi connectivity index (χ1v) is 6.15. The third-order valence-corrected chi connectivity index (χ3v) is 2.88. The Bertz CT molecular complexity index is 223. The van der Waals surface area contributed by atoms with Crippen LogP contribution in [0.25, 0.3) is 0 Å². The number of nitrogens with one attached hydrogen (secondary N) is 2. The van der Waals surface area contributed by atoms with Crippen molar-refractivity contribution in [3.63, 3.8) is 0 Å². The highest BCUT2D eigenvalue weighted by Gasteiger charge is 2.21. The summed E-state index contributed by atoms with van der Waals surface area (Å²) in [5.74, 6) is 0.650. The Kier molecular flexibility index (Phi) is 5.22. The van der Waals surface area contributed by atoms with Crippen LogP contribution >= 0.6 is 0 Å². The molecular weight excluding hydrogens is 204 g/mol. The zero-order valence-corrected chi connectivity index (χ0v) is 10.6. The fourth-order valence-electron chi connectivity index (χ4n) is 1.98. The molecule has 1 saturated heterocycles. The minimum Gasteiger partial charge on any atom is -0.374 e. The lowest BCUT2D eigenvalue weighted by Crippen LogP contribution is -2.41. The van der Waals surface area contributed by atoms with E-state index in [1.165, 1.54) is 0 Å². The van der Waals surface area contributed by atoms with Crippen LogP contribution in [0.15, 0.2) is 0 Å². The summed E-state index contributed by atoms with van der Waals surface area (Å²) in [5.41, 5.74) is -0.266. The van der Waals surface area contributed by atoms with Crippen LogP contribution in [0.4, 0.5) is 0 Å². The van der Waals surface area contributed by atoms with Gasteiger partial charge in [0.05, 0.1) is 5.60 Å². The highest BCUT2D eigenvalue weighted by atomic mass is 16.5. The van der Waals surface area contributed by atoms with E-state index < -0.39 is 0 Å². The number of hydrogen-bond acceptors (Lipinski definition) is 3. The average molecular weight is 228 g/mol. The Balaban J connectivity index is 2.18. The van der Waals surface area contributed by atoms with Crippen molar-refractivity contribution < 1.29 is 9.53 Å². The van der Waals surface area contributed by atoms with Crippen LogP contribution in [0.3, 0.4) is 0 Å². The Labute approximate surface area is 98.1 Å². The highest BCUT2D eigenvalue weighted by Crippen LogP contribution is 2.12. The number of hydrogen-bond donors (Lipinski definition) is 2. The lowest BCUT2D eigenvalue weighted by atomic mass is 10.0. The molecule has 16 heavy (non-hydrogen) atoms. The number of amides is 1. The SMILES string of the molecule is CCOC(C)(C)CNC(=O)CC1CCNC1. The molecule has 2 N–H and O–H groups in total. The number of rotatable bonds is 6. The van der Waals surface area contributed by atoms with Crippen LogP contribution in [0.5, 0.6) is 0 Å². The van der Waals surface area contributed by atoms with Crippen LogP contribution in [-0.2, 0) is 9.53 Å². The molecule has 1 atom stereocenters. The number of carbonyl (C=O) groups is 1. The molecule has 1 heterocycles. The van der Waals surface area contributed by atoms with E-state index in [9.17, 15) is 4.79 Å². The summed E-state index contributed by atoms with van der Waals surface area (Å²) < 4.78 is 5.52. The fourth-order valence-corrected chi connectivity index (χ4v) is 1.98. The summed E-state index contributed by atoms with van der Waals surface area (Å²) in [7, 11) is 0. The Morgan fingerprint density at radius 1 is 1.56 bits per heavy atom. The van der Waals surface area contributed by atoms with E-state index in [4.69, 9.17) is 4.74 Å². The van der Waals surface area contributed by atoms with Crippen molar-refractivity contribution in [3.8, 4) is 0 Å². The van der Waals surface area contributed by atoms with E-state index in [-0.39, 0.29) is 11.5 Å². The maximum absolute atomic E-state index is 11.7. The molecule has 4 heteroatoms. The summed E-state index contributed by atoms with van der Waals surface area (Å²) in [6, 6.07) is 0. The van der Waals surface area contributed by atoms with Gasteiger partial charge in [0.25, 0.3) is 0 Å². The van der Waals surface area contributed by atoms with Crippen LogP contribution in [0, 0.1) is 5.92 Å². The normalized spacial score (nSPS) is 21.1. The van der Waals surface area contributed by atoms with Gasteiger partial charge in [-0.3, -0.25) is 4.79 Å². The molecule has 1 aliphatic heterocycles. The molecule has 1 fully saturated rings. The predicted octanol–water partition coefficient (Wildman–Crippen LogP) is 0.917. The van der Waals surface area contributed by atoms with Gasteiger partial charge in [0.15, 0.2) is 0 Å². The Morgan fingerprint density at radius 2 is 2.31 bits per heavy atom. The third kappa shape index (κ3) is 4.94. The summed E-state index contributed by atoms with van der Waals surface area (Å²) >= 11 is 0. The summed E-state index contributed by atoms with van der Waals surface area (Å²) in [6.07, 6.45) is 1.75. The third-order valence-electron chi connectivity index (χ3n) is 2.88. The maximum atomic E-state index is 11.7. The molecule has 1 rings (SSSR count). The van der Waals surface area contributed by atoms with E-state index in [1.807, 2.05) is 20.8 Å². The lowest BCUT2D eigenvalue weighted by molar-refractivity contribution is -0.123. The van der Waals surface area contributed by atoms with E-state index in [0.29, 0.717) is 25.5 Å². The van der Waals surface area contributed by atoms with E-state index in [2.05, 4.69) is 10.6 Å². The molecule has 0 saturated carbocycles. The van der Waals surface area contributed by atoms with Crippen molar-refractivity contribution in [1.82, 2.24) is 10.6 Å². The number of ether oxygens (including phenoxy) is 1. The van der Waals surface area contributed by atoms with E-state index in [0.717, 1.165) is 19.5 Å². The van der Waals surface area contributed by atoms with Crippen molar-refractivity contribution in [1.29, 1.82) is 0 Å². The smallest absolute Gasteiger partial charge is 0.220 e. The minimum atomic E-state index is -0.266. The van der Waals surface area contributed by atoms with Gasteiger partial charge >= 0.3 is 0 Å². The molecule has 1 amide bonds. The van der Waals surface area contributed by atoms with Crippen molar-refractivity contribution in [2.75, 3.05) is 26.2 Å². The van der Waals surface area contributed by atoms with Crippen molar-refractivity contribution in [3.05, 3.63) is 0 Å². The molecule has 0 bridgehead atoms. The second-order valence-corrected chi connectivity index (χ2v) is 5.03. The van der Waals surface area contributed by atoms with Gasteiger partial charge in [0.1, 0.15) is 0 Å². The molecule has 0 radical (unpaired) electrons. The molecule has 0 spiro atoms. The minimum absolute atomic E-state index is 0.140. The first-order chi connectivity index (χ1) is 7.53. The zero-order chi connectivity index (χ0) is 12.0. The van der Waals surface area contributed by atoms with Gasteiger partial charge in [-0.1, -0.05) is 0 Å². The molecule has 0 aliphatic carbocycles. The molecule has 94 valence electrons. The summed E-state index contributed by atoms with van der Waals surface area (Å²) in [5, 5.41) is 6.21. The summed E-state index contributed by atoms with van der Waals surface area (Å²) in [4.78, 5) is 11.7. The fraction of sp³-hybridized carbons (Fsp3) is 0.917. The molecule has 1 aliphatic rings. The van der Waals surface area contributed by atoms with Crippen LogP contribution in [-0.4, -0.2) is 37.7 Å².